The summed E-state index contributed by atoms with van der Waals surface area (Å²) in [5, 5.41) is 3.34. The summed E-state index contributed by atoms with van der Waals surface area (Å²) in [6.45, 7) is 0. The zero-order valence-corrected chi connectivity index (χ0v) is 10.2. The summed E-state index contributed by atoms with van der Waals surface area (Å²) in [5.41, 5.74) is -2.59. The largest absolute Gasteiger partial charge is 0.433 e. The summed E-state index contributed by atoms with van der Waals surface area (Å²) < 4.78 is 78.3. The molecule has 1 aromatic carbocycles. The molecule has 108 valence electrons. The predicted molar refractivity (Wildman–Crippen MR) is 58.0 cm³/mol. The SMILES string of the molecule is Fc1cc(F)c(-n2ncc(CCl)c2C(F)(F)F)cc1F. The minimum atomic E-state index is -4.88. The zero-order chi connectivity index (χ0) is 15.1. The van der Waals surface area contributed by atoms with Gasteiger partial charge >= 0.3 is 6.18 Å². The Morgan fingerprint density at radius 2 is 1.65 bits per heavy atom. The van der Waals surface area contributed by atoms with Gasteiger partial charge in [0.1, 0.15) is 5.69 Å². The van der Waals surface area contributed by atoms with E-state index in [4.69, 9.17) is 11.6 Å². The van der Waals surface area contributed by atoms with Crippen LogP contribution in [0, 0.1) is 17.5 Å². The third kappa shape index (κ3) is 2.47. The second-order valence-electron chi connectivity index (χ2n) is 3.78. The minimum Gasteiger partial charge on any atom is -0.225 e. The van der Waals surface area contributed by atoms with E-state index in [-0.39, 0.29) is 10.7 Å². The van der Waals surface area contributed by atoms with Crippen molar-refractivity contribution in [1.29, 1.82) is 0 Å². The lowest BCUT2D eigenvalue weighted by Gasteiger charge is -2.12. The molecule has 1 aromatic heterocycles. The minimum absolute atomic E-state index is 0.146. The molecule has 0 aliphatic heterocycles. The Morgan fingerprint density at radius 1 is 1.05 bits per heavy atom. The van der Waals surface area contributed by atoms with Crippen molar-refractivity contribution in [3.05, 3.63) is 47.0 Å². The molecule has 1 heterocycles. The van der Waals surface area contributed by atoms with Gasteiger partial charge in [0.25, 0.3) is 0 Å². The molecule has 2 nitrogen and oxygen atoms in total. The number of halogens is 7. The fourth-order valence-electron chi connectivity index (χ4n) is 1.64. The van der Waals surface area contributed by atoms with Crippen LogP contribution in [-0.2, 0) is 12.1 Å². The Balaban J connectivity index is 2.71. The summed E-state index contributed by atoms with van der Waals surface area (Å²) in [6, 6.07) is 0.442. The number of hydrogen-bond donors (Lipinski definition) is 0. The lowest BCUT2D eigenvalue weighted by atomic mass is 10.2. The van der Waals surface area contributed by atoms with Gasteiger partial charge in [-0.05, 0) is 0 Å². The quantitative estimate of drug-likeness (QED) is 0.464. The highest BCUT2D eigenvalue weighted by Crippen LogP contribution is 2.35. The Kier molecular flexibility index (Phi) is 3.68. The van der Waals surface area contributed by atoms with Crippen LogP contribution >= 0.6 is 11.6 Å². The molecule has 0 atom stereocenters. The van der Waals surface area contributed by atoms with Crippen LogP contribution < -0.4 is 0 Å². The molecule has 0 aliphatic rings. The Morgan fingerprint density at radius 3 is 2.20 bits per heavy atom. The molecule has 9 heteroatoms. The first-order valence-electron chi connectivity index (χ1n) is 5.10. The molecule has 0 saturated heterocycles. The number of aromatic nitrogens is 2. The highest BCUT2D eigenvalue weighted by molar-refractivity contribution is 6.17. The summed E-state index contributed by atoms with van der Waals surface area (Å²) in [6.07, 6.45) is -4.09. The zero-order valence-electron chi connectivity index (χ0n) is 9.48. The van der Waals surface area contributed by atoms with Crippen molar-refractivity contribution in [2.45, 2.75) is 12.1 Å². The lowest BCUT2D eigenvalue weighted by molar-refractivity contribution is -0.143. The molecule has 0 spiro atoms. The highest BCUT2D eigenvalue weighted by atomic mass is 35.5. The monoisotopic (exact) mass is 314 g/mol. The van der Waals surface area contributed by atoms with Crippen LogP contribution in [-0.4, -0.2) is 9.78 Å². The van der Waals surface area contributed by atoms with Crippen molar-refractivity contribution < 1.29 is 26.3 Å². The van der Waals surface area contributed by atoms with E-state index in [9.17, 15) is 26.3 Å². The van der Waals surface area contributed by atoms with Gasteiger partial charge in [0.2, 0.25) is 0 Å². The van der Waals surface area contributed by atoms with Crippen LogP contribution in [0.5, 0.6) is 0 Å². The molecule has 20 heavy (non-hydrogen) atoms. The smallest absolute Gasteiger partial charge is 0.225 e. The van der Waals surface area contributed by atoms with E-state index in [0.29, 0.717) is 6.07 Å². The van der Waals surface area contributed by atoms with E-state index >= 15 is 0 Å². The van der Waals surface area contributed by atoms with Crippen molar-refractivity contribution in [2.75, 3.05) is 0 Å². The van der Waals surface area contributed by atoms with Crippen LogP contribution in [0.1, 0.15) is 11.3 Å². The molecule has 2 rings (SSSR count). The first kappa shape index (κ1) is 14.7. The molecule has 0 fully saturated rings. The van der Waals surface area contributed by atoms with Gasteiger partial charge in [0.05, 0.1) is 12.1 Å². The second-order valence-corrected chi connectivity index (χ2v) is 4.05. The maximum Gasteiger partial charge on any atom is 0.433 e. The fraction of sp³-hybridized carbons (Fsp3) is 0.182. The van der Waals surface area contributed by atoms with Crippen molar-refractivity contribution in [1.82, 2.24) is 9.78 Å². The van der Waals surface area contributed by atoms with Gasteiger partial charge in [-0.25, -0.2) is 17.9 Å². The first-order valence-corrected chi connectivity index (χ1v) is 5.64. The Bertz CT molecular complexity index is 649. The first-order chi connectivity index (χ1) is 9.25. The van der Waals surface area contributed by atoms with E-state index in [1.165, 1.54) is 0 Å². The summed E-state index contributed by atoms with van der Waals surface area (Å²) in [4.78, 5) is 0. The van der Waals surface area contributed by atoms with Crippen molar-refractivity contribution in [2.24, 2.45) is 0 Å². The van der Waals surface area contributed by atoms with Crippen LogP contribution in [0.25, 0.3) is 5.69 Å². The maximum absolute atomic E-state index is 13.5. The van der Waals surface area contributed by atoms with Crippen LogP contribution in [0.15, 0.2) is 18.3 Å². The summed E-state index contributed by atoms with van der Waals surface area (Å²) in [5.74, 6) is -4.89. The van der Waals surface area contributed by atoms with Gasteiger partial charge in [-0.15, -0.1) is 11.6 Å². The van der Waals surface area contributed by atoms with Crippen molar-refractivity contribution >= 4 is 11.6 Å². The highest BCUT2D eigenvalue weighted by Gasteiger charge is 2.39. The molecule has 0 bridgehead atoms. The van der Waals surface area contributed by atoms with E-state index in [1.54, 1.807) is 0 Å². The van der Waals surface area contributed by atoms with Crippen LogP contribution in [0.4, 0.5) is 26.3 Å². The average molecular weight is 315 g/mol. The van der Waals surface area contributed by atoms with Gasteiger partial charge in [-0.2, -0.15) is 18.3 Å². The third-order valence-electron chi connectivity index (χ3n) is 2.48. The number of rotatable bonds is 2. The number of hydrogen-bond acceptors (Lipinski definition) is 1. The third-order valence-corrected chi connectivity index (χ3v) is 2.76. The lowest BCUT2D eigenvalue weighted by Crippen LogP contribution is -2.16. The summed E-state index contributed by atoms with van der Waals surface area (Å²) in [7, 11) is 0. The van der Waals surface area contributed by atoms with Gasteiger partial charge in [-0.1, -0.05) is 0 Å². The normalized spacial score (nSPS) is 11.9. The molecule has 0 radical (unpaired) electrons. The molecule has 0 saturated carbocycles. The topological polar surface area (TPSA) is 17.8 Å². The average Bonchev–Trinajstić information content (AvgIpc) is 2.77. The maximum atomic E-state index is 13.5. The van der Waals surface area contributed by atoms with Crippen molar-refractivity contribution in [3.8, 4) is 5.69 Å². The number of alkyl halides is 4. The molecule has 2 aromatic rings. The van der Waals surface area contributed by atoms with Crippen LogP contribution in [0.2, 0.25) is 0 Å². The van der Waals surface area contributed by atoms with E-state index < -0.39 is 46.5 Å². The van der Waals surface area contributed by atoms with Gasteiger partial charge < -0.3 is 0 Å². The molecule has 0 amide bonds. The summed E-state index contributed by atoms with van der Waals surface area (Å²) >= 11 is 5.35. The number of nitrogens with zero attached hydrogens (tertiary/aromatic N) is 2. The number of benzene rings is 1. The molecule has 0 N–H and O–H groups in total. The van der Waals surface area contributed by atoms with Gasteiger partial charge in [-0.3, -0.25) is 0 Å². The molecule has 0 aliphatic carbocycles. The molecular weight excluding hydrogens is 310 g/mol. The van der Waals surface area contributed by atoms with Gasteiger partial charge in [0.15, 0.2) is 23.1 Å². The van der Waals surface area contributed by atoms with E-state index in [0.717, 1.165) is 6.20 Å². The van der Waals surface area contributed by atoms with E-state index in [2.05, 4.69) is 5.10 Å². The van der Waals surface area contributed by atoms with Crippen molar-refractivity contribution in [3.63, 3.8) is 0 Å². The molecular formula is C11H5ClF6N2. The standard InChI is InChI=1S/C11H5ClF6N2/c12-3-5-4-19-20(10(5)11(16,17)18)9-2-7(14)6(13)1-8(9)15/h1-2,4H,3H2. The second kappa shape index (κ2) is 5.01. The fourth-order valence-corrected chi connectivity index (χ4v) is 1.83. The van der Waals surface area contributed by atoms with Crippen LogP contribution in [0.3, 0.4) is 0 Å². The molecule has 0 unspecified atom stereocenters. The van der Waals surface area contributed by atoms with Gasteiger partial charge in [0, 0.05) is 17.7 Å². The Labute approximate surface area is 113 Å². The Hall–Kier alpha value is -1.70. The van der Waals surface area contributed by atoms with E-state index in [1.807, 2.05) is 0 Å². The predicted octanol–water partition coefficient (Wildman–Crippen LogP) is 4.05.